The monoisotopic (exact) mass is 514 g/mol. The highest BCUT2D eigenvalue weighted by molar-refractivity contribution is 8.18. The molecule has 37 heavy (non-hydrogen) atoms. The van der Waals surface area contributed by atoms with E-state index in [-0.39, 0.29) is 18.4 Å². The van der Waals surface area contributed by atoms with E-state index in [1.54, 1.807) is 31.4 Å². The zero-order chi connectivity index (χ0) is 25.9. The zero-order valence-electron chi connectivity index (χ0n) is 20.7. The highest BCUT2D eigenvalue weighted by Gasteiger charge is 2.31. The standard InChI is InChI=1S/C28H26N4O4S/c1-18-23(15-25-27(34)31(2)28(37-25)30-19-10-12-20(35-3)13-11-19)22-8-4-5-9-24(22)32(18)17-26(33)29-16-21-7-6-14-36-21/h4-15H,16-17H2,1-3H3,(H,29,33)/b25-15-,30-28?. The first kappa shape index (κ1) is 24.5. The van der Waals surface area contributed by atoms with Gasteiger partial charge in [0.2, 0.25) is 5.91 Å². The van der Waals surface area contributed by atoms with Gasteiger partial charge in [0, 0.05) is 29.2 Å². The number of para-hydroxylation sites is 1. The Kier molecular flexibility index (Phi) is 6.87. The van der Waals surface area contributed by atoms with Crippen LogP contribution in [0, 0.1) is 6.92 Å². The minimum atomic E-state index is -0.126. The molecule has 1 aliphatic rings. The molecule has 0 radical (unpaired) electrons. The lowest BCUT2D eigenvalue weighted by Gasteiger charge is -2.09. The molecule has 4 aromatic rings. The summed E-state index contributed by atoms with van der Waals surface area (Å²) in [7, 11) is 3.33. The molecule has 0 unspecified atom stereocenters. The summed E-state index contributed by atoms with van der Waals surface area (Å²) in [5, 5.41) is 4.47. The number of nitrogens with zero attached hydrogens (tertiary/aromatic N) is 3. The lowest BCUT2D eigenvalue weighted by molar-refractivity contribution is -0.122. The Bertz CT molecular complexity index is 1520. The summed E-state index contributed by atoms with van der Waals surface area (Å²) in [6, 6.07) is 18.9. The number of rotatable bonds is 7. The number of aromatic nitrogens is 1. The van der Waals surface area contributed by atoms with Gasteiger partial charge in [-0.3, -0.25) is 14.5 Å². The van der Waals surface area contributed by atoms with Gasteiger partial charge in [0.1, 0.15) is 18.1 Å². The first-order chi connectivity index (χ1) is 17.9. The van der Waals surface area contributed by atoms with Gasteiger partial charge in [-0.2, -0.15) is 0 Å². The van der Waals surface area contributed by atoms with E-state index < -0.39 is 0 Å². The number of benzene rings is 2. The number of furan rings is 1. The molecule has 2 aromatic carbocycles. The van der Waals surface area contributed by atoms with Crippen LogP contribution in [0.5, 0.6) is 5.75 Å². The molecule has 3 heterocycles. The molecule has 2 amide bonds. The number of carbonyl (C=O) groups is 2. The molecule has 188 valence electrons. The number of hydrogen-bond donors (Lipinski definition) is 1. The predicted molar refractivity (Wildman–Crippen MR) is 146 cm³/mol. The van der Waals surface area contributed by atoms with Crippen molar-refractivity contribution in [1.29, 1.82) is 0 Å². The van der Waals surface area contributed by atoms with Gasteiger partial charge in [-0.1, -0.05) is 18.2 Å². The normalized spacial score (nSPS) is 15.8. The molecule has 2 aromatic heterocycles. The minimum Gasteiger partial charge on any atom is -0.497 e. The molecular formula is C28H26N4O4S. The highest BCUT2D eigenvalue weighted by atomic mass is 32.2. The summed E-state index contributed by atoms with van der Waals surface area (Å²) in [6.45, 7) is 2.45. The third-order valence-electron chi connectivity index (χ3n) is 6.20. The van der Waals surface area contributed by atoms with Gasteiger partial charge in [-0.15, -0.1) is 0 Å². The van der Waals surface area contributed by atoms with Crippen molar-refractivity contribution in [3.63, 3.8) is 0 Å². The smallest absolute Gasteiger partial charge is 0.266 e. The van der Waals surface area contributed by atoms with Crippen molar-refractivity contribution in [1.82, 2.24) is 14.8 Å². The summed E-state index contributed by atoms with van der Waals surface area (Å²) in [5.41, 5.74) is 3.47. The number of carbonyl (C=O) groups excluding carboxylic acids is 2. The second-order valence-electron chi connectivity index (χ2n) is 8.53. The van der Waals surface area contributed by atoms with Crippen LogP contribution in [-0.2, 0) is 22.7 Å². The Balaban J connectivity index is 1.43. The van der Waals surface area contributed by atoms with Gasteiger partial charge in [0.05, 0.1) is 30.5 Å². The molecular weight excluding hydrogens is 488 g/mol. The SMILES string of the molecule is COc1ccc(N=C2S/C(=C\c3c(C)n(CC(=O)NCc4ccco4)c4ccccc34)C(=O)N2C)cc1. The number of ether oxygens (including phenoxy) is 1. The lowest BCUT2D eigenvalue weighted by Crippen LogP contribution is -2.27. The molecule has 8 nitrogen and oxygen atoms in total. The zero-order valence-corrected chi connectivity index (χ0v) is 21.5. The Morgan fingerprint density at radius 2 is 1.92 bits per heavy atom. The average Bonchev–Trinajstić information content (AvgIpc) is 3.60. The van der Waals surface area contributed by atoms with Crippen LogP contribution < -0.4 is 10.1 Å². The molecule has 5 rings (SSSR count). The van der Waals surface area contributed by atoms with Gasteiger partial charge < -0.3 is 19.0 Å². The van der Waals surface area contributed by atoms with Crippen molar-refractivity contribution >= 4 is 51.4 Å². The van der Waals surface area contributed by atoms with E-state index in [0.29, 0.717) is 22.4 Å². The number of methoxy groups -OCH3 is 1. The van der Waals surface area contributed by atoms with Crippen LogP contribution >= 0.6 is 11.8 Å². The van der Waals surface area contributed by atoms with Crippen LogP contribution in [0.3, 0.4) is 0 Å². The number of aliphatic imine (C=N–C) groups is 1. The number of hydrogen-bond acceptors (Lipinski definition) is 6. The maximum atomic E-state index is 13.1. The van der Waals surface area contributed by atoms with Gasteiger partial charge in [0.25, 0.3) is 5.91 Å². The fourth-order valence-corrected chi connectivity index (χ4v) is 5.16. The fourth-order valence-electron chi connectivity index (χ4n) is 4.19. The van der Waals surface area contributed by atoms with Crippen LogP contribution in [0.2, 0.25) is 0 Å². The van der Waals surface area contributed by atoms with Gasteiger partial charge in [0.15, 0.2) is 5.17 Å². The number of likely N-dealkylation sites (N-methyl/N-ethyl adjacent to an activating group) is 1. The maximum Gasteiger partial charge on any atom is 0.266 e. The summed E-state index contributed by atoms with van der Waals surface area (Å²) in [5.74, 6) is 1.19. The Morgan fingerprint density at radius 3 is 2.65 bits per heavy atom. The van der Waals surface area contributed by atoms with E-state index in [2.05, 4.69) is 10.3 Å². The van der Waals surface area contributed by atoms with E-state index in [0.717, 1.165) is 33.6 Å². The molecule has 1 N–H and O–H groups in total. The summed E-state index contributed by atoms with van der Waals surface area (Å²) < 4.78 is 12.5. The molecule has 1 fully saturated rings. The van der Waals surface area contributed by atoms with Crippen molar-refractivity contribution in [3.8, 4) is 5.75 Å². The topological polar surface area (TPSA) is 89.1 Å². The predicted octanol–water partition coefficient (Wildman–Crippen LogP) is 5.10. The first-order valence-corrected chi connectivity index (χ1v) is 12.5. The van der Waals surface area contributed by atoms with Crippen LogP contribution in [-0.4, -0.2) is 40.6 Å². The molecule has 1 saturated heterocycles. The first-order valence-electron chi connectivity index (χ1n) is 11.7. The molecule has 0 spiro atoms. The van der Waals surface area contributed by atoms with Crippen LogP contribution in [0.25, 0.3) is 17.0 Å². The average molecular weight is 515 g/mol. The van der Waals surface area contributed by atoms with Gasteiger partial charge in [-0.25, -0.2) is 4.99 Å². The van der Waals surface area contributed by atoms with E-state index >= 15 is 0 Å². The fraction of sp³-hybridized carbons (Fsp3) is 0.179. The van der Waals surface area contributed by atoms with Crippen molar-refractivity contribution < 1.29 is 18.7 Å². The number of amidine groups is 1. The maximum absolute atomic E-state index is 13.1. The Labute approximate surface area is 218 Å². The second kappa shape index (κ2) is 10.4. The van der Waals surface area contributed by atoms with Crippen molar-refractivity contribution in [2.24, 2.45) is 4.99 Å². The largest absolute Gasteiger partial charge is 0.497 e. The van der Waals surface area contributed by atoms with Crippen molar-refractivity contribution in [3.05, 3.63) is 88.8 Å². The van der Waals surface area contributed by atoms with E-state index in [9.17, 15) is 9.59 Å². The summed E-state index contributed by atoms with van der Waals surface area (Å²) in [4.78, 5) is 32.6. The van der Waals surface area contributed by atoms with Crippen molar-refractivity contribution in [2.75, 3.05) is 14.2 Å². The minimum absolute atomic E-state index is 0.121. The molecule has 0 bridgehead atoms. The third kappa shape index (κ3) is 5.03. The lowest BCUT2D eigenvalue weighted by atomic mass is 10.1. The Morgan fingerprint density at radius 1 is 1.14 bits per heavy atom. The van der Waals surface area contributed by atoms with Gasteiger partial charge >= 0.3 is 0 Å². The van der Waals surface area contributed by atoms with E-state index in [1.807, 2.05) is 72.2 Å². The molecule has 1 aliphatic heterocycles. The van der Waals surface area contributed by atoms with E-state index in [1.165, 1.54) is 11.8 Å². The Hall–Kier alpha value is -4.24. The van der Waals surface area contributed by atoms with E-state index in [4.69, 9.17) is 9.15 Å². The highest BCUT2D eigenvalue weighted by Crippen LogP contribution is 2.36. The summed E-state index contributed by atoms with van der Waals surface area (Å²) in [6.07, 6.45) is 3.48. The quantitative estimate of drug-likeness (QED) is 0.347. The second-order valence-corrected chi connectivity index (χ2v) is 9.53. The molecule has 0 atom stereocenters. The number of fused-ring (bicyclic) bond motifs is 1. The third-order valence-corrected chi connectivity index (χ3v) is 7.26. The number of nitrogens with one attached hydrogen (secondary N) is 1. The molecule has 9 heteroatoms. The molecule has 0 saturated carbocycles. The summed E-state index contributed by atoms with van der Waals surface area (Å²) >= 11 is 1.33. The van der Waals surface area contributed by atoms with Crippen LogP contribution in [0.15, 0.2) is 81.2 Å². The van der Waals surface area contributed by atoms with Crippen LogP contribution in [0.4, 0.5) is 5.69 Å². The molecule has 0 aliphatic carbocycles. The number of amides is 2. The number of thioether (sulfide) groups is 1. The van der Waals surface area contributed by atoms with Crippen molar-refractivity contribution in [2.45, 2.75) is 20.0 Å². The van der Waals surface area contributed by atoms with Gasteiger partial charge in [-0.05, 0) is 67.2 Å². The van der Waals surface area contributed by atoms with Crippen LogP contribution in [0.1, 0.15) is 17.0 Å².